The molecule has 1 N–H and O–H groups in total. The third-order valence-corrected chi connectivity index (χ3v) is 4.72. The molecule has 3 amide bonds. The van der Waals surface area contributed by atoms with Crippen LogP contribution in [0, 0.1) is 0 Å². The van der Waals surface area contributed by atoms with E-state index < -0.39 is 29.8 Å². The van der Waals surface area contributed by atoms with Gasteiger partial charge in [0, 0.05) is 12.2 Å². The highest BCUT2D eigenvalue weighted by molar-refractivity contribution is 6.21. The monoisotopic (exact) mass is 394 g/mol. The number of hydrogen-bond donors (Lipinski definition) is 1. The summed E-state index contributed by atoms with van der Waals surface area (Å²) in [4.78, 5) is 49.9. The normalized spacial score (nSPS) is 13.8. The fourth-order valence-electron chi connectivity index (χ4n) is 3.02. The molecule has 0 saturated carbocycles. The van der Waals surface area contributed by atoms with Crippen LogP contribution in [-0.4, -0.2) is 41.2 Å². The van der Waals surface area contributed by atoms with E-state index in [1.165, 1.54) is 6.92 Å². The van der Waals surface area contributed by atoms with Crippen molar-refractivity contribution >= 4 is 29.4 Å². The van der Waals surface area contributed by atoms with Crippen molar-refractivity contribution in [2.45, 2.75) is 32.8 Å². The van der Waals surface area contributed by atoms with E-state index in [9.17, 15) is 19.2 Å². The van der Waals surface area contributed by atoms with E-state index in [2.05, 4.69) is 5.32 Å². The third kappa shape index (κ3) is 4.51. The van der Waals surface area contributed by atoms with Crippen molar-refractivity contribution in [1.29, 1.82) is 0 Å². The largest absolute Gasteiger partial charge is 0.452 e. The van der Waals surface area contributed by atoms with Crippen molar-refractivity contribution in [3.63, 3.8) is 0 Å². The maximum Gasteiger partial charge on any atom is 0.308 e. The van der Waals surface area contributed by atoms with Crippen molar-refractivity contribution in [3.8, 4) is 0 Å². The van der Waals surface area contributed by atoms with Gasteiger partial charge in [-0.1, -0.05) is 31.2 Å². The Hall–Kier alpha value is -3.48. The Morgan fingerprint density at radius 2 is 1.59 bits per heavy atom. The van der Waals surface area contributed by atoms with Crippen molar-refractivity contribution in [1.82, 2.24) is 4.90 Å². The Morgan fingerprint density at radius 3 is 2.14 bits per heavy atom. The minimum Gasteiger partial charge on any atom is -0.452 e. The molecular formula is C22H22N2O5. The van der Waals surface area contributed by atoms with Crippen LogP contribution in [0.1, 0.15) is 46.5 Å². The first-order valence-electron chi connectivity index (χ1n) is 9.45. The SMILES string of the molecule is CCc1ccc(NC(=O)[C@@H](C)OC(=O)CCN2C(=O)c3ccccc3C2=O)cc1. The highest BCUT2D eigenvalue weighted by Gasteiger charge is 2.35. The minimum atomic E-state index is -1.00. The van der Waals surface area contributed by atoms with Crippen LogP contribution in [-0.2, 0) is 20.7 Å². The Balaban J connectivity index is 1.49. The summed E-state index contributed by atoms with van der Waals surface area (Å²) >= 11 is 0. The summed E-state index contributed by atoms with van der Waals surface area (Å²) in [6, 6.07) is 13.9. The lowest BCUT2D eigenvalue weighted by molar-refractivity contribution is -0.153. The number of ether oxygens (including phenoxy) is 1. The van der Waals surface area contributed by atoms with Crippen LogP contribution in [0.25, 0.3) is 0 Å². The van der Waals surface area contributed by atoms with Crippen LogP contribution in [0.2, 0.25) is 0 Å². The second-order valence-corrected chi connectivity index (χ2v) is 6.73. The number of amides is 3. The zero-order valence-corrected chi connectivity index (χ0v) is 16.3. The van der Waals surface area contributed by atoms with Gasteiger partial charge in [0.25, 0.3) is 17.7 Å². The van der Waals surface area contributed by atoms with E-state index in [0.717, 1.165) is 16.9 Å². The van der Waals surface area contributed by atoms with Gasteiger partial charge in [0.05, 0.1) is 17.5 Å². The van der Waals surface area contributed by atoms with Gasteiger partial charge in [-0.2, -0.15) is 0 Å². The molecule has 0 aliphatic carbocycles. The second-order valence-electron chi connectivity index (χ2n) is 6.73. The maximum absolute atomic E-state index is 12.3. The van der Waals surface area contributed by atoms with E-state index in [1.54, 1.807) is 36.4 Å². The maximum atomic E-state index is 12.3. The first-order valence-corrected chi connectivity index (χ1v) is 9.45. The minimum absolute atomic E-state index is 0.0992. The molecule has 7 heteroatoms. The lowest BCUT2D eigenvalue weighted by Crippen LogP contribution is -2.34. The van der Waals surface area contributed by atoms with Crippen molar-refractivity contribution in [2.75, 3.05) is 11.9 Å². The lowest BCUT2D eigenvalue weighted by Gasteiger charge is -2.16. The number of anilines is 1. The van der Waals surface area contributed by atoms with Gasteiger partial charge >= 0.3 is 5.97 Å². The first-order chi connectivity index (χ1) is 13.9. The molecule has 0 aromatic heterocycles. The molecular weight excluding hydrogens is 372 g/mol. The van der Waals surface area contributed by atoms with Crippen LogP contribution in [0.15, 0.2) is 48.5 Å². The molecule has 1 aliphatic rings. The predicted octanol–water partition coefficient (Wildman–Crippen LogP) is 2.81. The summed E-state index contributed by atoms with van der Waals surface area (Å²) in [5, 5.41) is 2.69. The number of esters is 1. The van der Waals surface area contributed by atoms with E-state index >= 15 is 0 Å². The van der Waals surface area contributed by atoms with Gasteiger partial charge in [0.1, 0.15) is 0 Å². The molecule has 0 unspecified atom stereocenters. The van der Waals surface area contributed by atoms with Crippen molar-refractivity contribution < 1.29 is 23.9 Å². The first kappa shape index (κ1) is 20.3. The molecule has 0 radical (unpaired) electrons. The summed E-state index contributed by atoms with van der Waals surface area (Å²) in [6.07, 6.45) is -0.292. The summed E-state index contributed by atoms with van der Waals surface area (Å²) < 4.78 is 5.14. The van der Waals surface area contributed by atoms with Gasteiger partial charge in [-0.3, -0.25) is 24.1 Å². The van der Waals surface area contributed by atoms with E-state index in [4.69, 9.17) is 4.74 Å². The Morgan fingerprint density at radius 1 is 1.00 bits per heavy atom. The molecule has 0 fully saturated rings. The van der Waals surface area contributed by atoms with Gasteiger partial charge < -0.3 is 10.1 Å². The van der Waals surface area contributed by atoms with Crippen LogP contribution >= 0.6 is 0 Å². The topological polar surface area (TPSA) is 92.8 Å². The average Bonchev–Trinajstić information content (AvgIpc) is 2.97. The Labute approximate surface area is 168 Å². The summed E-state index contributed by atoms with van der Waals surface area (Å²) in [7, 11) is 0. The van der Waals surface area contributed by atoms with Crippen LogP contribution < -0.4 is 5.32 Å². The molecule has 7 nitrogen and oxygen atoms in total. The number of nitrogens with zero attached hydrogens (tertiary/aromatic N) is 1. The number of hydrogen-bond acceptors (Lipinski definition) is 5. The molecule has 1 aliphatic heterocycles. The molecule has 2 aromatic carbocycles. The fourth-order valence-corrected chi connectivity index (χ4v) is 3.02. The highest BCUT2D eigenvalue weighted by Crippen LogP contribution is 2.22. The molecule has 0 saturated heterocycles. The van der Waals surface area contributed by atoms with E-state index in [1.807, 2.05) is 19.1 Å². The highest BCUT2D eigenvalue weighted by atomic mass is 16.5. The van der Waals surface area contributed by atoms with Crippen LogP contribution in [0.4, 0.5) is 5.69 Å². The Kier molecular flexibility index (Phi) is 6.07. The number of rotatable bonds is 7. The molecule has 2 aromatic rings. The zero-order chi connectivity index (χ0) is 21.0. The molecule has 1 atom stereocenters. The van der Waals surface area contributed by atoms with Gasteiger partial charge in [0.2, 0.25) is 0 Å². The number of aryl methyl sites for hydroxylation is 1. The Bertz CT molecular complexity index is 917. The smallest absolute Gasteiger partial charge is 0.308 e. The number of carbonyl (C=O) groups excluding carboxylic acids is 4. The molecule has 0 spiro atoms. The van der Waals surface area contributed by atoms with Crippen LogP contribution in [0.5, 0.6) is 0 Å². The predicted molar refractivity (Wildman–Crippen MR) is 106 cm³/mol. The van der Waals surface area contributed by atoms with Gasteiger partial charge in [0.15, 0.2) is 6.10 Å². The quantitative estimate of drug-likeness (QED) is 0.576. The number of fused-ring (bicyclic) bond motifs is 1. The fraction of sp³-hybridized carbons (Fsp3) is 0.273. The molecule has 29 heavy (non-hydrogen) atoms. The van der Waals surface area contributed by atoms with Gasteiger partial charge in [-0.25, -0.2) is 0 Å². The van der Waals surface area contributed by atoms with Gasteiger partial charge in [-0.05, 0) is 43.2 Å². The zero-order valence-electron chi connectivity index (χ0n) is 16.3. The number of nitrogens with one attached hydrogen (secondary N) is 1. The standard InChI is InChI=1S/C22H22N2O5/c1-3-15-8-10-16(11-9-15)23-20(26)14(2)29-19(25)12-13-24-21(27)17-6-4-5-7-18(17)22(24)28/h4-11,14H,3,12-13H2,1-2H3,(H,23,26)/t14-/m1/s1. The van der Waals surface area contributed by atoms with Crippen molar-refractivity contribution in [3.05, 3.63) is 65.2 Å². The number of benzene rings is 2. The van der Waals surface area contributed by atoms with Crippen molar-refractivity contribution in [2.24, 2.45) is 0 Å². The summed E-state index contributed by atoms with van der Waals surface area (Å²) in [5.74, 6) is -1.98. The summed E-state index contributed by atoms with van der Waals surface area (Å²) in [6.45, 7) is 3.41. The number of carbonyl (C=O) groups is 4. The van der Waals surface area contributed by atoms with Crippen LogP contribution in [0.3, 0.4) is 0 Å². The average molecular weight is 394 g/mol. The molecule has 1 heterocycles. The number of imide groups is 1. The van der Waals surface area contributed by atoms with E-state index in [-0.39, 0.29) is 13.0 Å². The molecule has 0 bridgehead atoms. The lowest BCUT2D eigenvalue weighted by atomic mass is 10.1. The summed E-state index contributed by atoms with van der Waals surface area (Å²) in [5.41, 5.74) is 2.41. The van der Waals surface area contributed by atoms with Gasteiger partial charge in [-0.15, -0.1) is 0 Å². The molecule has 3 rings (SSSR count). The third-order valence-electron chi connectivity index (χ3n) is 4.72. The van der Waals surface area contributed by atoms with E-state index in [0.29, 0.717) is 16.8 Å². The molecule has 150 valence electrons. The second kappa shape index (κ2) is 8.68.